The quantitative estimate of drug-likeness (QED) is 0.217. The van der Waals surface area contributed by atoms with Crippen molar-refractivity contribution < 1.29 is 0 Å². The molecule has 0 unspecified atom stereocenters. The Hall–Kier alpha value is -1.38. The third-order valence-corrected chi connectivity index (χ3v) is 8.39. The minimum atomic E-state index is 1.23. The number of hydrogen-bond acceptors (Lipinski definition) is 2. The van der Waals surface area contributed by atoms with Gasteiger partial charge in [0.2, 0.25) is 0 Å². The minimum absolute atomic E-state index is 1.23. The zero-order valence-electron chi connectivity index (χ0n) is 17.1. The van der Waals surface area contributed by atoms with Gasteiger partial charge in [-0.3, -0.25) is 0 Å². The summed E-state index contributed by atoms with van der Waals surface area (Å²) in [5.74, 6) is 0. The van der Waals surface area contributed by atoms with Crippen LogP contribution < -0.4 is 0 Å². The van der Waals surface area contributed by atoms with Crippen molar-refractivity contribution in [2.75, 3.05) is 0 Å². The summed E-state index contributed by atoms with van der Waals surface area (Å²) in [6, 6.07) is 16.0. The Kier molecular flexibility index (Phi) is 7.04. The van der Waals surface area contributed by atoms with E-state index in [-0.39, 0.29) is 0 Å². The average molecular weight is 409 g/mol. The molecule has 0 radical (unpaired) electrons. The summed E-state index contributed by atoms with van der Waals surface area (Å²) in [7, 11) is 0. The van der Waals surface area contributed by atoms with Crippen molar-refractivity contribution in [3.05, 3.63) is 48.0 Å². The average Bonchev–Trinajstić information content (AvgIpc) is 3.25. The molecule has 2 heterocycles. The fraction of sp³-hybridized carbons (Fsp3) is 0.462. The predicted octanol–water partition coefficient (Wildman–Crippen LogP) is 9.73. The van der Waals surface area contributed by atoms with Crippen LogP contribution in [-0.2, 0) is 6.42 Å². The van der Waals surface area contributed by atoms with E-state index in [0.717, 1.165) is 0 Å². The molecular weight excluding hydrogens is 376 g/mol. The summed E-state index contributed by atoms with van der Waals surface area (Å²) in [6.07, 6.45) is 15.3. The van der Waals surface area contributed by atoms with E-state index in [2.05, 4.69) is 49.4 Å². The van der Waals surface area contributed by atoms with Gasteiger partial charge in [-0.25, -0.2) is 0 Å². The molecule has 2 aromatic carbocycles. The molecule has 0 fully saturated rings. The normalized spacial score (nSPS) is 11.9. The van der Waals surface area contributed by atoms with E-state index in [1.165, 1.54) is 106 Å². The van der Waals surface area contributed by atoms with Gasteiger partial charge in [0.25, 0.3) is 0 Å². The van der Waals surface area contributed by atoms with Crippen LogP contribution in [0, 0.1) is 0 Å². The van der Waals surface area contributed by atoms with E-state index >= 15 is 0 Å². The Morgan fingerprint density at radius 3 is 1.96 bits per heavy atom. The summed E-state index contributed by atoms with van der Waals surface area (Å²) < 4.78 is 5.84. The van der Waals surface area contributed by atoms with E-state index in [1.807, 2.05) is 22.7 Å². The first-order chi connectivity index (χ1) is 13.9. The van der Waals surface area contributed by atoms with Crippen molar-refractivity contribution >= 4 is 52.2 Å². The molecule has 0 N–H and O–H groups in total. The summed E-state index contributed by atoms with van der Waals surface area (Å²) in [5, 5.41) is 2.88. The van der Waals surface area contributed by atoms with Crippen molar-refractivity contribution in [1.82, 2.24) is 0 Å². The fourth-order valence-electron chi connectivity index (χ4n) is 4.22. The maximum Gasteiger partial charge on any atom is 0.0542 e. The van der Waals surface area contributed by atoms with Crippen LogP contribution in [0.1, 0.15) is 76.7 Å². The molecule has 28 heavy (non-hydrogen) atoms. The number of benzene rings is 2. The molecule has 0 aliphatic heterocycles. The Bertz CT molecular complexity index is 1020. The lowest BCUT2D eigenvalue weighted by molar-refractivity contribution is 0.556. The topological polar surface area (TPSA) is 0 Å². The first-order valence-electron chi connectivity index (χ1n) is 11.2. The van der Waals surface area contributed by atoms with Gasteiger partial charge < -0.3 is 0 Å². The fourth-order valence-corrected chi connectivity index (χ4v) is 6.94. The van der Waals surface area contributed by atoms with Crippen LogP contribution in [-0.4, -0.2) is 0 Å². The Morgan fingerprint density at radius 2 is 1.21 bits per heavy atom. The Labute approximate surface area is 177 Å². The molecule has 148 valence electrons. The van der Waals surface area contributed by atoms with Gasteiger partial charge >= 0.3 is 0 Å². The van der Waals surface area contributed by atoms with Crippen molar-refractivity contribution in [2.24, 2.45) is 0 Å². The van der Waals surface area contributed by atoms with Gasteiger partial charge in [0.05, 0.1) is 9.40 Å². The lowest BCUT2D eigenvalue weighted by Gasteiger charge is -2.03. The highest BCUT2D eigenvalue weighted by atomic mass is 32.1. The second-order valence-corrected chi connectivity index (χ2v) is 10.2. The van der Waals surface area contributed by atoms with E-state index in [4.69, 9.17) is 0 Å². The van der Waals surface area contributed by atoms with Crippen LogP contribution in [0.15, 0.2) is 42.5 Å². The first-order valence-corrected chi connectivity index (χ1v) is 12.8. The van der Waals surface area contributed by atoms with Gasteiger partial charge in [-0.2, -0.15) is 0 Å². The molecule has 0 nitrogen and oxygen atoms in total. The monoisotopic (exact) mass is 408 g/mol. The maximum absolute atomic E-state index is 2.45. The molecule has 0 spiro atoms. The second-order valence-electron chi connectivity index (χ2n) is 8.12. The van der Waals surface area contributed by atoms with Crippen LogP contribution >= 0.6 is 22.7 Å². The lowest BCUT2D eigenvalue weighted by Crippen LogP contribution is -1.86. The number of fused-ring (bicyclic) bond motifs is 5. The predicted molar refractivity (Wildman–Crippen MR) is 130 cm³/mol. The van der Waals surface area contributed by atoms with E-state index in [0.29, 0.717) is 0 Å². The molecule has 0 aliphatic carbocycles. The number of aryl methyl sites for hydroxylation is 1. The smallest absolute Gasteiger partial charge is 0.0542 e. The Balaban J connectivity index is 1.27. The third kappa shape index (κ3) is 4.60. The highest BCUT2D eigenvalue weighted by molar-refractivity contribution is 7.36. The van der Waals surface area contributed by atoms with Crippen LogP contribution in [0.5, 0.6) is 0 Å². The van der Waals surface area contributed by atoms with Crippen LogP contribution in [0.25, 0.3) is 29.6 Å². The zero-order valence-corrected chi connectivity index (χ0v) is 18.8. The summed E-state index contributed by atoms with van der Waals surface area (Å²) >= 11 is 3.93. The van der Waals surface area contributed by atoms with Crippen LogP contribution in [0.2, 0.25) is 0 Å². The van der Waals surface area contributed by atoms with E-state index in [9.17, 15) is 0 Å². The lowest BCUT2D eigenvalue weighted by atomic mass is 10.0. The molecule has 4 aromatic rings. The molecule has 0 aliphatic rings. The van der Waals surface area contributed by atoms with Gasteiger partial charge in [-0.05, 0) is 30.5 Å². The van der Waals surface area contributed by atoms with Gasteiger partial charge in [0.15, 0.2) is 0 Å². The van der Waals surface area contributed by atoms with Gasteiger partial charge in [0, 0.05) is 20.2 Å². The maximum atomic E-state index is 2.45. The number of hydrogen-bond donors (Lipinski definition) is 0. The molecule has 0 saturated heterocycles. The van der Waals surface area contributed by atoms with Gasteiger partial charge in [0.1, 0.15) is 0 Å². The number of rotatable bonds is 11. The van der Waals surface area contributed by atoms with Gasteiger partial charge in [-0.15, -0.1) is 22.7 Å². The van der Waals surface area contributed by atoms with E-state index in [1.54, 1.807) is 0 Å². The standard InChI is InChI=1S/C26H32S2/c1-2-3-4-5-6-7-8-9-10-11-14-20-17-18-22-24(19-20)28-25-21-15-12-13-16-23(21)27-26(22)25/h12-13,15-19H,2-11,14H2,1H3. The summed E-state index contributed by atoms with van der Waals surface area (Å²) in [6.45, 7) is 2.29. The largest absolute Gasteiger partial charge is 0.134 e. The second kappa shape index (κ2) is 9.89. The molecular formula is C26H32S2. The molecule has 0 amide bonds. The summed E-state index contributed by atoms with van der Waals surface area (Å²) in [5.41, 5.74) is 1.52. The van der Waals surface area contributed by atoms with Crippen LogP contribution in [0.4, 0.5) is 0 Å². The minimum Gasteiger partial charge on any atom is -0.134 e. The van der Waals surface area contributed by atoms with E-state index < -0.39 is 0 Å². The number of unbranched alkanes of at least 4 members (excludes halogenated alkanes) is 9. The molecule has 2 aromatic heterocycles. The summed E-state index contributed by atoms with van der Waals surface area (Å²) in [4.78, 5) is 0. The molecule has 0 saturated carbocycles. The Morgan fingerprint density at radius 1 is 0.607 bits per heavy atom. The third-order valence-electron chi connectivity index (χ3n) is 5.87. The SMILES string of the molecule is CCCCCCCCCCCCc1ccc2c(c1)sc1c3ccccc3sc21. The molecule has 2 heteroatoms. The highest BCUT2D eigenvalue weighted by Gasteiger charge is 2.11. The van der Waals surface area contributed by atoms with Crippen molar-refractivity contribution in [3.63, 3.8) is 0 Å². The first kappa shape index (κ1) is 19.9. The molecule has 0 atom stereocenters. The van der Waals surface area contributed by atoms with Gasteiger partial charge in [-0.1, -0.05) is 95.0 Å². The zero-order chi connectivity index (χ0) is 19.2. The van der Waals surface area contributed by atoms with Crippen LogP contribution in [0.3, 0.4) is 0 Å². The van der Waals surface area contributed by atoms with Crippen molar-refractivity contribution in [2.45, 2.75) is 77.6 Å². The van der Waals surface area contributed by atoms with Crippen molar-refractivity contribution in [1.29, 1.82) is 0 Å². The highest BCUT2D eigenvalue weighted by Crippen LogP contribution is 2.44. The molecule has 0 bridgehead atoms. The molecule has 4 rings (SSSR count). The van der Waals surface area contributed by atoms with Crippen molar-refractivity contribution in [3.8, 4) is 0 Å². The number of thiophene rings is 2.